The third-order valence-corrected chi connectivity index (χ3v) is 20.6. The highest BCUT2D eigenvalue weighted by atomic mass is 32.2. The molecule has 0 aromatic carbocycles. The first kappa shape index (κ1) is 92.4. The third kappa shape index (κ3) is 41.4. The van der Waals surface area contributed by atoms with Crippen molar-refractivity contribution in [2.45, 2.75) is 311 Å². The van der Waals surface area contributed by atoms with Crippen molar-refractivity contribution in [3.63, 3.8) is 0 Å². The van der Waals surface area contributed by atoms with Crippen molar-refractivity contribution in [1.29, 1.82) is 0 Å². The van der Waals surface area contributed by atoms with Gasteiger partial charge in [0.2, 0.25) is 21.8 Å². The number of hydrogen-bond acceptors (Lipinski definition) is 15. The van der Waals surface area contributed by atoms with Crippen LogP contribution >= 0.6 is 0 Å². The first-order chi connectivity index (χ1) is 42.8. The van der Waals surface area contributed by atoms with Gasteiger partial charge in [-0.15, -0.1) is 0 Å². The van der Waals surface area contributed by atoms with Crippen molar-refractivity contribution in [1.82, 2.24) is 48.9 Å². The number of nitrogens with zero attached hydrogens (tertiary/aromatic N) is 6. The van der Waals surface area contributed by atoms with Crippen LogP contribution in [0.15, 0.2) is 0 Å². The minimum atomic E-state index is -3.28. The lowest BCUT2D eigenvalue weighted by Gasteiger charge is -2.36. The first-order valence-electron chi connectivity index (χ1n) is 36.1. The first-order valence-corrected chi connectivity index (χ1v) is 39.1. The molecule has 0 spiro atoms. The molecule has 5 heterocycles. The molecule has 5 rings (SSSR count). The Morgan fingerprint density at radius 1 is 0.430 bits per heavy atom. The van der Waals surface area contributed by atoms with Crippen molar-refractivity contribution < 1.29 is 45.5 Å². The van der Waals surface area contributed by atoms with Gasteiger partial charge >= 0.3 is 5.97 Å². The summed E-state index contributed by atoms with van der Waals surface area (Å²) in [6.45, 7) is 67.3. The predicted octanol–water partition coefficient (Wildman–Crippen LogP) is 10.5. The summed E-state index contributed by atoms with van der Waals surface area (Å²) < 4.78 is 58.8. The van der Waals surface area contributed by atoms with Crippen molar-refractivity contribution in [2.75, 3.05) is 78.5 Å². The standard InChI is InChI=1S/C13H25NO.C12H24N2O.C12H23NO.C10H23N3O2S.C10H22N2O2S.C7H15NO.C7H14O2/c1-10(2)8-13(15)12-6-5-7-14(9-12)11(3)4;1-9(2)13-12(15)11-5-7-14(8-6-11)10(3)4;1-9(2)12(14)11-6-5-7-13(8-11)10(3)4;1-9(2)11-16(14,15)13-7-5-12(6-8-13)10(3)4;1-8(2)12-6-5-10(7-12)11-15(13,14)9(3)4;1-5(2)7(9)8-6(3)4;1-5(2)7(8)9-6(3)4/h10-12H,5-9H2,1-4H3;9-11H,5-8H2,1-4H3,(H,13,15);9-11H,5-8H2,1-4H3;9-11H,5-8H2,1-4H3;8-11H,5-7H2,1-4H3;5-6H,1-4H3,(H,8,9);5-6H,1-4H3. The minimum Gasteiger partial charge on any atom is -0.463 e. The number of carbonyl (C=O) groups excluding carboxylic acids is 5. The molecule has 0 aromatic rings. The van der Waals surface area contributed by atoms with Gasteiger partial charge in [0, 0.05) is 143 Å². The highest BCUT2D eigenvalue weighted by Gasteiger charge is 2.32. The number of likely N-dealkylation sites (tertiary alicyclic amines) is 4. The zero-order valence-electron chi connectivity index (χ0n) is 64.6. The van der Waals surface area contributed by atoms with E-state index in [4.69, 9.17) is 4.74 Å². The van der Waals surface area contributed by atoms with Crippen molar-refractivity contribution in [3.8, 4) is 0 Å². The number of carbonyl (C=O) groups is 5. The van der Waals surface area contributed by atoms with E-state index in [-0.39, 0.29) is 77.0 Å². The summed E-state index contributed by atoms with van der Waals surface area (Å²) in [5, 5.41) is 5.46. The van der Waals surface area contributed by atoms with Crippen LogP contribution in [-0.4, -0.2) is 219 Å². The average Bonchev–Trinajstić information content (AvgIpc) is 1.44. The zero-order valence-corrected chi connectivity index (χ0v) is 66.2. The maximum atomic E-state index is 12.0. The Bertz CT molecular complexity index is 2250. The second kappa shape index (κ2) is 47.3. The third-order valence-electron chi connectivity index (χ3n) is 16.9. The Balaban J connectivity index is 0. The van der Waals surface area contributed by atoms with E-state index in [1.165, 1.54) is 30.2 Å². The maximum absolute atomic E-state index is 12.0. The number of ether oxygens (including phenoxy) is 1. The van der Waals surface area contributed by atoms with Crippen LogP contribution in [0.5, 0.6) is 0 Å². The Labute approximate surface area is 572 Å². The molecule has 5 aliphatic heterocycles. The van der Waals surface area contributed by atoms with Crippen LogP contribution in [0.2, 0.25) is 0 Å². The van der Waals surface area contributed by atoms with E-state index in [2.05, 4.69) is 128 Å². The zero-order chi connectivity index (χ0) is 72.4. The molecule has 0 aliphatic carbocycles. The Morgan fingerprint density at radius 2 is 0.849 bits per heavy atom. The van der Waals surface area contributed by atoms with Gasteiger partial charge in [-0.25, -0.2) is 13.1 Å². The largest absolute Gasteiger partial charge is 0.463 e. The summed E-state index contributed by atoms with van der Waals surface area (Å²) in [6.07, 6.45) is 8.29. The lowest BCUT2D eigenvalue weighted by Crippen LogP contribution is -2.54. The molecule has 3 unspecified atom stereocenters. The smallest absolute Gasteiger partial charge is 0.308 e. The number of amides is 2. The summed E-state index contributed by atoms with van der Waals surface area (Å²) in [5.41, 5.74) is 0. The summed E-state index contributed by atoms with van der Waals surface area (Å²) in [6, 6.07) is 3.34. The molecule has 2 amide bonds. The molecule has 5 saturated heterocycles. The van der Waals surface area contributed by atoms with E-state index in [1.54, 1.807) is 13.8 Å². The summed E-state index contributed by atoms with van der Waals surface area (Å²) in [7, 11) is -6.38. The van der Waals surface area contributed by atoms with Gasteiger partial charge in [0.05, 0.1) is 17.3 Å². The molecule has 552 valence electrons. The van der Waals surface area contributed by atoms with Gasteiger partial charge in [-0.05, 0) is 216 Å². The van der Waals surface area contributed by atoms with Crippen LogP contribution in [0.3, 0.4) is 0 Å². The molecule has 5 aliphatic rings. The second-order valence-corrected chi connectivity index (χ2v) is 34.6. The van der Waals surface area contributed by atoms with Crippen LogP contribution in [0.1, 0.15) is 245 Å². The van der Waals surface area contributed by atoms with Gasteiger partial charge in [0.1, 0.15) is 11.6 Å². The van der Waals surface area contributed by atoms with E-state index in [0.29, 0.717) is 72.6 Å². The maximum Gasteiger partial charge on any atom is 0.308 e. The van der Waals surface area contributed by atoms with E-state index in [0.717, 1.165) is 90.9 Å². The second-order valence-electron chi connectivity index (χ2n) is 30.6. The molecule has 22 heteroatoms. The number of hydrogen-bond donors (Lipinski definition) is 4. The molecule has 20 nitrogen and oxygen atoms in total. The van der Waals surface area contributed by atoms with Crippen molar-refractivity contribution >= 4 is 49.6 Å². The monoisotopic (exact) mass is 1360 g/mol. The minimum absolute atomic E-state index is 0.00704. The van der Waals surface area contributed by atoms with Crippen LogP contribution in [0.25, 0.3) is 0 Å². The molecule has 5 fully saturated rings. The number of nitrogens with one attached hydrogen (secondary N) is 4. The fraction of sp³-hybridized carbons (Fsp3) is 0.930. The van der Waals surface area contributed by atoms with Gasteiger partial charge in [0.25, 0.3) is 10.2 Å². The van der Waals surface area contributed by atoms with Gasteiger partial charge in [-0.2, -0.15) is 17.4 Å². The fourth-order valence-corrected chi connectivity index (χ4v) is 13.3. The summed E-state index contributed by atoms with van der Waals surface area (Å²) >= 11 is 0. The van der Waals surface area contributed by atoms with Crippen LogP contribution in [-0.2, 0) is 48.9 Å². The topological polar surface area (TPSA) is 230 Å². The Morgan fingerprint density at radius 3 is 1.19 bits per heavy atom. The van der Waals surface area contributed by atoms with Gasteiger partial charge in [-0.3, -0.25) is 33.8 Å². The highest BCUT2D eigenvalue weighted by Crippen LogP contribution is 2.24. The van der Waals surface area contributed by atoms with Gasteiger partial charge in [0.15, 0.2) is 0 Å². The average molecular weight is 1360 g/mol. The Kier molecular flexibility index (Phi) is 47.0. The molecule has 0 aromatic heterocycles. The lowest BCUT2D eigenvalue weighted by atomic mass is 9.88. The molecule has 0 bridgehead atoms. The Hall–Kier alpha value is -2.67. The number of Topliss-reactive ketones (excluding diaryl/α,β-unsaturated/α-hetero) is 2. The molecular formula is C71H146N10O10S2. The van der Waals surface area contributed by atoms with Crippen LogP contribution in [0, 0.1) is 41.4 Å². The van der Waals surface area contributed by atoms with Crippen LogP contribution in [0.4, 0.5) is 0 Å². The fourth-order valence-electron chi connectivity index (χ4n) is 10.9. The van der Waals surface area contributed by atoms with E-state index < -0.39 is 20.2 Å². The quantitative estimate of drug-likeness (QED) is 0.0739. The summed E-state index contributed by atoms with van der Waals surface area (Å²) in [5.74, 6) is 2.84. The van der Waals surface area contributed by atoms with E-state index >= 15 is 0 Å². The molecule has 0 saturated carbocycles. The van der Waals surface area contributed by atoms with E-state index in [1.807, 2.05) is 96.9 Å². The molecule has 93 heavy (non-hydrogen) atoms. The SMILES string of the molecule is CC(C)C(=O)C1CCCN(C(C)C)C1.CC(C)CC(=O)C1CCCN(C(C)C)C1.CC(C)N1CCC(NS(=O)(=O)C(C)C)C1.CC(C)NC(=O)C(C)C.CC(C)NC(=O)C1CCN(C(C)C)CC1.CC(C)NS(=O)(=O)N1CCN(C(C)C)CC1.CC(C)OC(=O)C(C)C. The number of sulfonamides is 1. The van der Waals surface area contributed by atoms with Gasteiger partial charge in [-0.1, -0.05) is 55.4 Å². The molecule has 4 N–H and O–H groups in total. The number of rotatable bonds is 22. The molecule has 3 atom stereocenters. The number of ketones is 2. The lowest BCUT2D eigenvalue weighted by molar-refractivity contribution is -0.151. The number of piperidine rings is 3. The summed E-state index contributed by atoms with van der Waals surface area (Å²) in [4.78, 5) is 69.0. The van der Waals surface area contributed by atoms with E-state index in [9.17, 15) is 40.8 Å². The van der Waals surface area contributed by atoms with Gasteiger partial charge < -0.3 is 30.1 Å². The van der Waals surface area contributed by atoms with Crippen molar-refractivity contribution in [2.24, 2.45) is 41.4 Å². The van der Waals surface area contributed by atoms with Crippen molar-refractivity contribution in [3.05, 3.63) is 0 Å². The highest BCUT2D eigenvalue weighted by molar-refractivity contribution is 7.90. The molecule has 0 radical (unpaired) electrons. The van der Waals surface area contributed by atoms with Crippen LogP contribution < -0.4 is 20.1 Å². The normalized spacial score (nSPS) is 20.3. The molecular weight excluding hydrogens is 1220 g/mol. The number of esters is 1. The predicted molar refractivity (Wildman–Crippen MR) is 388 cm³/mol. The number of piperazine rings is 1.